The van der Waals surface area contributed by atoms with E-state index in [1.165, 1.54) is 6.92 Å². The number of unbranched alkanes of at least 4 members (excludes halogenated alkanes) is 2. The molecule has 1 amide bonds. The lowest BCUT2D eigenvalue weighted by Gasteiger charge is -2.35. The highest BCUT2D eigenvalue weighted by molar-refractivity contribution is 8.83. The summed E-state index contributed by atoms with van der Waals surface area (Å²) in [7, 11) is -3.58. The Hall–Kier alpha value is -1.52. The van der Waals surface area contributed by atoms with Gasteiger partial charge in [0.25, 0.3) is 0 Å². The summed E-state index contributed by atoms with van der Waals surface area (Å²) in [6.07, 6.45) is 5.90. The standard InChI is InChI=1S/C21H39FN6OS2/c1-5-8-10-18(7-3)15-31(22,23,24)30-16-26-28-20-12-11-19(25-13-9-6-2)14-21(20)27-17(4)29/h11-12,14,18,25H,5-10,13,15-16H2,1-4H3,(H3,23,24)(H,27,29). The van der Waals surface area contributed by atoms with Gasteiger partial charge in [-0.2, -0.15) is 14.1 Å². The average Bonchev–Trinajstić information content (AvgIpc) is 2.69. The van der Waals surface area contributed by atoms with Crippen LogP contribution in [0.4, 0.5) is 20.9 Å². The molecule has 5 N–H and O–H groups in total. The molecular formula is C21H39FN6OS2. The van der Waals surface area contributed by atoms with Crippen molar-refractivity contribution in [3.63, 3.8) is 0 Å². The van der Waals surface area contributed by atoms with Gasteiger partial charge in [0, 0.05) is 33.5 Å². The van der Waals surface area contributed by atoms with Gasteiger partial charge in [0.1, 0.15) is 11.6 Å². The predicted octanol–water partition coefficient (Wildman–Crippen LogP) is 6.97. The highest BCUT2D eigenvalue weighted by atomic mass is 33.2. The number of nitrogens with one attached hydrogen (secondary N) is 3. The molecule has 1 unspecified atom stereocenters. The number of carbonyl (C=O) groups excluding carboxylic acids is 1. The van der Waals surface area contributed by atoms with Crippen molar-refractivity contribution >= 4 is 42.3 Å². The number of azo groups is 1. The van der Waals surface area contributed by atoms with E-state index in [0.717, 1.165) is 61.6 Å². The number of nitrogens with two attached hydrogens (primary N) is 1. The molecule has 0 saturated carbocycles. The molecule has 0 aliphatic carbocycles. The fourth-order valence-electron chi connectivity index (χ4n) is 3.06. The number of amides is 1. The maximum absolute atomic E-state index is 15.2. The van der Waals surface area contributed by atoms with Crippen molar-refractivity contribution in [2.75, 3.05) is 28.8 Å². The summed E-state index contributed by atoms with van der Waals surface area (Å²) in [5.74, 6) is -0.0882. The van der Waals surface area contributed by atoms with Crippen LogP contribution in [0.15, 0.2) is 28.4 Å². The first-order valence-electron chi connectivity index (χ1n) is 11.0. The van der Waals surface area contributed by atoms with Crippen molar-refractivity contribution in [1.82, 2.24) is 0 Å². The van der Waals surface area contributed by atoms with Crippen LogP contribution in [0.1, 0.15) is 66.2 Å². The second kappa shape index (κ2) is 13.1. The molecule has 7 nitrogen and oxygen atoms in total. The Morgan fingerprint density at radius 2 is 2.00 bits per heavy atom. The number of rotatable bonds is 15. The molecule has 0 bridgehead atoms. The van der Waals surface area contributed by atoms with Gasteiger partial charge in [0.2, 0.25) is 5.91 Å². The maximum Gasteiger partial charge on any atom is 0.221 e. The van der Waals surface area contributed by atoms with Crippen molar-refractivity contribution in [3.05, 3.63) is 18.2 Å². The van der Waals surface area contributed by atoms with E-state index in [9.17, 15) is 4.79 Å². The zero-order valence-electron chi connectivity index (χ0n) is 19.2. The molecule has 1 aromatic rings. The fourth-order valence-corrected chi connectivity index (χ4v) is 6.46. The zero-order valence-corrected chi connectivity index (χ0v) is 20.9. The first kappa shape index (κ1) is 27.5. The Labute approximate surface area is 190 Å². The van der Waals surface area contributed by atoms with Crippen LogP contribution in [0, 0.1) is 10.7 Å². The van der Waals surface area contributed by atoms with E-state index in [4.69, 9.17) is 9.92 Å². The molecule has 0 heterocycles. The summed E-state index contributed by atoms with van der Waals surface area (Å²) in [6.45, 7) is 8.50. The lowest BCUT2D eigenvalue weighted by molar-refractivity contribution is -0.114. The summed E-state index contributed by atoms with van der Waals surface area (Å²) in [5.41, 5.74) is 1.89. The van der Waals surface area contributed by atoms with Gasteiger partial charge in [-0.25, -0.2) is 0 Å². The number of carbonyl (C=O) groups is 1. The van der Waals surface area contributed by atoms with Gasteiger partial charge in [-0.1, -0.05) is 46.5 Å². The second-order valence-electron chi connectivity index (χ2n) is 7.83. The molecule has 31 heavy (non-hydrogen) atoms. The number of anilines is 2. The van der Waals surface area contributed by atoms with Crippen LogP contribution in [0.2, 0.25) is 0 Å². The summed E-state index contributed by atoms with van der Waals surface area (Å²) in [6, 6.07) is 5.42. The third kappa shape index (κ3) is 11.6. The van der Waals surface area contributed by atoms with Gasteiger partial charge in [0.15, 0.2) is 0 Å². The van der Waals surface area contributed by atoms with E-state index in [1.807, 2.05) is 13.0 Å². The Balaban J connectivity index is 2.81. The van der Waals surface area contributed by atoms with E-state index >= 15 is 3.89 Å². The van der Waals surface area contributed by atoms with Crippen LogP contribution in [-0.2, 0) is 13.4 Å². The summed E-state index contributed by atoms with van der Waals surface area (Å²) >= 11 is 0. The minimum Gasteiger partial charge on any atom is -0.385 e. The Kier molecular flexibility index (Phi) is 11.6. The number of hydrogen-bond donors (Lipinski definition) is 4. The monoisotopic (exact) mass is 474 g/mol. The van der Waals surface area contributed by atoms with Crippen LogP contribution in [0.3, 0.4) is 0 Å². The molecule has 10 heteroatoms. The lowest BCUT2D eigenvalue weighted by Crippen LogP contribution is -2.38. The molecule has 0 aromatic heterocycles. The molecule has 178 valence electrons. The van der Waals surface area contributed by atoms with Gasteiger partial charge in [-0.3, -0.25) is 14.7 Å². The number of hydrogen-bond acceptors (Lipinski definition) is 6. The van der Waals surface area contributed by atoms with Crippen LogP contribution < -0.4 is 15.8 Å². The molecule has 0 aliphatic rings. The largest absolute Gasteiger partial charge is 0.385 e. The van der Waals surface area contributed by atoms with Gasteiger partial charge < -0.3 is 10.6 Å². The van der Waals surface area contributed by atoms with Crippen molar-refractivity contribution in [2.24, 2.45) is 21.3 Å². The summed E-state index contributed by atoms with van der Waals surface area (Å²) in [4.78, 5) is 11.6. The quantitative estimate of drug-likeness (QED) is 0.125. The van der Waals surface area contributed by atoms with Gasteiger partial charge >= 0.3 is 0 Å². The maximum atomic E-state index is 15.2. The fraction of sp³-hybridized carbons (Fsp3) is 0.667. The van der Waals surface area contributed by atoms with Crippen molar-refractivity contribution < 1.29 is 8.68 Å². The van der Waals surface area contributed by atoms with Crippen LogP contribution in [0.25, 0.3) is 0 Å². The minimum atomic E-state index is -4.32. The topological polar surface area (TPSA) is 116 Å². The number of nitrogens with zero attached hydrogens (tertiary/aromatic N) is 2. The molecule has 0 aliphatic heterocycles. The highest BCUT2D eigenvalue weighted by Crippen LogP contribution is 2.40. The van der Waals surface area contributed by atoms with E-state index in [2.05, 4.69) is 34.7 Å². The molecule has 0 fully saturated rings. The van der Waals surface area contributed by atoms with Gasteiger partial charge in [0.05, 0.1) is 5.69 Å². The van der Waals surface area contributed by atoms with E-state index < -0.39 is 8.56 Å². The van der Waals surface area contributed by atoms with Crippen LogP contribution in [-0.4, -0.2) is 24.1 Å². The van der Waals surface area contributed by atoms with E-state index in [0.29, 0.717) is 11.4 Å². The smallest absolute Gasteiger partial charge is 0.221 e. The molecule has 0 radical (unpaired) electrons. The molecule has 1 atom stereocenters. The molecule has 1 rings (SSSR count). The Morgan fingerprint density at radius 1 is 1.29 bits per heavy atom. The third-order valence-corrected chi connectivity index (χ3v) is 8.88. The number of halogens is 1. The van der Waals surface area contributed by atoms with E-state index in [-0.39, 0.29) is 23.5 Å². The Bertz CT molecular complexity index is 796. The van der Waals surface area contributed by atoms with Gasteiger partial charge in [-0.15, -0.1) is 0 Å². The average molecular weight is 475 g/mol. The third-order valence-electron chi connectivity index (χ3n) is 4.80. The van der Waals surface area contributed by atoms with E-state index in [1.54, 1.807) is 12.1 Å². The number of benzene rings is 1. The summed E-state index contributed by atoms with van der Waals surface area (Å²) < 4.78 is 23.4. The normalized spacial score (nSPS) is 14.2. The Morgan fingerprint density at radius 3 is 2.61 bits per heavy atom. The minimum absolute atomic E-state index is 0.0431. The molecule has 0 saturated heterocycles. The zero-order chi connectivity index (χ0) is 23.4. The SMILES string of the molecule is CCCCNc1ccc(N=NCSS(=N)(N)(F)CC(CC)CCCC)c(NC(C)=O)c1. The van der Waals surface area contributed by atoms with Crippen molar-refractivity contribution in [2.45, 2.75) is 66.2 Å². The second-order valence-corrected chi connectivity index (χ2v) is 13.7. The molecule has 0 spiro atoms. The van der Waals surface area contributed by atoms with Crippen molar-refractivity contribution in [1.29, 1.82) is 4.78 Å². The lowest BCUT2D eigenvalue weighted by atomic mass is 10.0. The first-order valence-corrected chi connectivity index (χ1v) is 14.6. The molecular weight excluding hydrogens is 435 g/mol. The van der Waals surface area contributed by atoms with Crippen LogP contribution >= 0.6 is 10.8 Å². The van der Waals surface area contributed by atoms with Crippen LogP contribution in [0.5, 0.6) is 0 Å². The molecule has 1 aromatic carbocycles. The van der Waals surface area contributed by atoms with Crippen molar-refractivity contribution in [3.8, 4) is 0 Å². The highest BCUT2D eigenvalue weighted by Gasteiger charge is 2.30. The first-order chi connectivity index (χ1) is 14.6. The van der Waals surface area contributed by atoms with Gasteiger partial charge in [-0.05, 0) is 47.8 Å². The predicted molar refractivity (Wildman–Crippen MR) is 135 cm³/mol. The summed E-state index contributed by atoms with van der Waals surface area (Å²) in [5, 5.41) is 20.1.